The molecule has 0 aliphatic rings. The minimum atomic E-state index is 0.193. The molecule has 5 heteroatoms. The molecule has 1 aromatic carbocycles. The number of phenolic OH excluding ortho intramolecular Hbond substituents is 1. The molecule has 0 aromatic heterocycles. The standard InChI is InChI=1S/C7H3I3O2/c8-4-1-5(9)7(12)6(10)3(4)2-11/h1-2,12H. The Morgan fingerprint density at radius 1 is 1.25 bits per heavy atom. The molecule has 0 aliphatic carbocycles. The van der Waals surface area contributed by atoms with Gasteiger partial charge in [-0.3, -0.25) is 4.79 Å². The Bertz CT molecular complexity index is 336. The van der Waals surface area contributed by atoms with Crippen LogP contribution in [0.25, 0.3) is 0 Å². The van der Waals surface area contributed by atoms with Crippen LogP contribution in [0.2, 0.25) is 0 Å². The Morgan fingerprint density at radius 2 is 1.83 bits per heavy atom. The van der Waals surface area contributed by atoms with Gasteiger partial charge in [-0.1, -0.05) is 0 Å². The van der Waals surface area contributed by atoms with Crippen molar-refractivity contribution in [2.45, 2.75) is 0 Å². The molecule has 0 fully saturated rings. The van der Waals surface area contributed by atoms with Gasteiger partial charge in [-0.05, 0) is 73.8 Å². The maximum Gasteiger partial charge on any atom is 0.152 e. The predicted molar refractivity (Wildman–Crippen MR) is 71.6 cm³/mol. The highest BCUT2D eigenvalue weighted by Gasteiger charge is 2.11. The summed E-state index contributed by atoms with van der Waals surface area (Å²) in [6.45, 7) is 0. The number of aldehydes is 1. The summed E-state index contributed by atoms with van der Waals surface area (Å²) in [7, 11) is 0. The lowest BCUT2D eigenvalue weighted by atomic mass is 10.2. The summed E-state index contributed by atoms with van der Waals surface area (Å²) >= 11 is 6.07. The van der Waals surface area contributed by atoms with Gasteiger partial charge in [0.1, 0.15) is 5.75 Å². The molecular formula is C7H3I3O2. The molecular weight excluding hydrogens is 497 g/mol. The van der Waals surface area contributed by atoms with E-state index in [4.69, 9.17) is 0 Å². The summed E-state index contributed by atoms with van der Waals surface area (Å²) < 4.78 is 2.26. The number of halogens is 3. The molecule has 0 heterocycles. The molecule has 12 heavy (non-hydrogen) atoms. The lowest BCUT2D eigenvalue weighted by Gasteiger charge is -2.04. The summed E-state index contributed by atoms with van der Waals surface area (Å²) in [6, 6.07) is 1.78. The van der Waals surface area contributed by atoms with E-state index in [1.54, 1.807) is 6.07 Å². The van der Waals surface area contributed by atoms with E-state index in [1.807, 2.05) is 45.2 Å². The van der Waals surface area contributed by atoms with Crippen LogP contribution in [0.15, 0.2) is 6.07 Å². The van der Waals surface area contributed by atoms with E-state index >= 15 is 0 Å². The van der Waals surface area contributed by atoms with E-state index in [-0.39, 0.29) is 5.75 Å². The van der Waals surface area contributed by atoms with Crippen LogP contribution in [0.3, 0.4) is 0 Å². The van der Waals surface area contributed by atoms with Gasteiger partial charge in [-0.15, -0.1) is 0 Å². The molecule has 1 aromatic rings. The largest absolute Gasteiger partial charge is 0.506 e. The highest BCUT2D eigenvalue weighted by atomic mass is 127. The van der Waals surface area contributed by atoms with Crippen LogP contribution >= 0.6 is 67.8 Å². The Balaban J connectivity index is 3.51. The zero-order valence-corrected chi connectivity index (χ0v) is 12.1. The molecule has 0 aliphatic heterocycles. The molecule has 0 saturated carbocycles. The van der Waals surface area contributed by atoms with Crippen LogP contribution < -0.4 is 0 Å². The van der Waals surface area contributed by atoms with E-state index in [9.17, 15) is 9.90 Å². The molecule has 1 N–H and O–H groups in total. The molecule has 0 amide bonds. The molecule has 0 bridgehead atoms. The van der Waals surface area contributed by atoms with Gasteiger partial charge in [0.05, 0.1) is 7.14 Å². The summed E-state index contributed by atoms with van der Waals surface area (Å²) in [5, 5.41) is 9.47. The van der Waals surface area contributed by atoms with Gasteiger partial charge in [-0.25, -0.2) is 0 Å². The van der Waals surface area contributed by atoms with E-state index in [1.165, 1.54) is 0 Å². The van der Waals surface area contributed by atoms with E-state index in [0.717, 1.165) is 13.4 Å². The van der Waals surface area contributed by atoms with Crippen LogP contribution in [-0.2, 0) is 0 Å². The number of phenols is 1. The van der Waals surface area contributed by atoms with E-state index < -0.39 is 0 Å². The SMILES string of the molecule is O=Cc1c(I)cc(I)c(O)c1I. The van der Waals surface area contributed by atoms with Crippen LogP contribution in [-0.4, -0.2) is 11.4 Å². The number of hydrogen-bond donors (Lipinski definition) is 1. The van der Waals surface area contributed by atoms with Gasteiger partial charge in [0.15, 0.2) is 6.29 Å². The van der Waals surface area contributed by atoms with Crippen LogP contribution in [0.1, 0.15) is 10.4 Å². The van der Waals surface area contributed by atoms with Gasteiger partial charge in [-0.2, -0.15) is 0 Å². The monoisotopic (exact) mass is 500 g/mol. The van der Waals surface area contributed by atoms with Crippen molar-refractivity contribution in [2.75, 3.05) is 0 Å². The quantitative estimate of drug-likeness (QED) is 0.476. The van der Waals surface area contributed by atoms with Crippen molar-refractivity contribution in [3.05, 3.63) is 22.3 Å². The summed E-state index contributed by atoms with van der Waals surface area (Å²) in [6.07, 6.45) is 0.763. The third-order valence-corrected chi connectivity index (χ3v) is 4.11. The van der Waals surface area contributed by atoms with Gasteiger partial charge in [0, 0.05) is 9.13 Å². The number of carbonyl (C=O) groups is 1. The maximum atomic E-state index is 10.6. The van der Waals surface area contributed by atoms with Crippen molar-refractivity contribution < 1.29 is 9.90 Å². The van der Waals surface area contributed by atoms with Crippen LogP contribution in [0.5, 0.6) is 5.75 Å². The highest BCUT2D eigenvalue weighted by molar-refractivity contribution is 14.1. The summed E-state index contributed by atoms with van der Waals surface area (Å²) in [5.74, 6) is 0.193. The molecule has 0 unspecified atom stereocenters. The fourth-order valence-electron chi connectivity index (χ4n) is 0.703. The minimum Gasteiger partial charge on any atom is -0.506 e. The Hall–Kier alpha value is 0.880. The highest BCUT2D eigenvalue weighted by Crippen LogP contribution is 2.31. The first-order valence-corrected chi connectivity index (χ1v) is 6.13. The average Bonchev–Trinajstić information content (AvgIpc) is 2.01. The van der Waals surface area contributed by atoms with Crippen molar-refractivity contribution in [3.63, 3.8) is 0 Å². The van der Waals surface area contributed by atoms with Gasteiger partial charge < -0.3 is 5.11 Å². The van der Waals surface area contributed by atoms with Gasteiger partial charge >= 0.3 is 0 Å². The predicted octanol–water partition coefficient (Wildman–Crippen LogP) is 3.02. The lowest BCUT2D eigenvalue weighted by molar-refractivity contribution is 0.112. The number of benzene rings is 1. The number of hydrogen-bond acceptors (Lipinski definition) is 2. The van der Waals surface area contributed by atoms with E-state index in [2.05, 4.69) is 22.6 Å². The summed E-state index contributed by atoms with van der Waals surface area (Å²) in [5.41, 5.74) is 0.564. The average molecular weight is 500 g/mol. The Kier molecular flexibility index (Phi) is 4.02. The number of rotatable bonds is 1. The fourth-order valence-corrected chi connectivity index (χ4v) is 4.33. The molecule has 0 radical (unpaired) electrons. The van der Waals surface area contributed by atoms with Crippen molar-refractivity contribution >= 4 is 74.1 Å². The molecule has 0 atom stereocenters. The lowest BCUT2D eigenvalue weighted by Crippen LogP contribution is -1.93. The first-order valence-electron chi connectivity index (χ1n) is 2.89. The normalized spacial score (nSPS) is 9.92. The molecule has 1 rings (SSSR count). The van der Waals surface area contributed by atoms with Crippen LogP contribution in [0.4, 0.5) is 0 Å². The molecule has 0 saturated heterocycles. The first kappa shape index (κ1) is 11.0. The molecule has 0 spiro atoms. The second-order valence-electron chi connectivity index (χ2n) is 2.03. The summed E-state index contributed by atoms with van der Waals surface area (Å²) in [4.78, 5) is 10.6. The fraction of sp³-hybridized carbons (Fsp3) is 0. The second kappa shape index (κ2) is 4.40. The first-order chi connectivity index (χ1) is 5.57. The zero-order chi connectivity index (χ0) is 9.30. The maximum absolute atomic E-state index is 10.6. The molecule has 64 valence electrons. The third-order valence-electron chi connectivity index (χ3n) is 1.30. The van der Waals surface area contributed by atoms with Crippen LogP contribution in [0, 0.1) is 10.7 Å². The zero-order valence-electron chi connectivity index (χ0n) is 5.64. The minimum absolute atomic E-state index is 0.193. The smallest absolute Gasteiger partial charge is 0.152 e. The number of carbonyl (C=O) groups excluding carboxylic acids is 1. The van der Waals surface area contributed by atoms with E-state index in [0.29, 0.717) is 9.13 Å². The number of aromatic hydroxyl groups is 1. The van der Waals surface area contributed by atoms with Crippen molar-refractivity contribution in [1.82, 2.24) is 0 Å². The Labute approximate surface area is 111 Å². The van der Waals surface area contributed by atoms with Crippen molar-refractivity contribution in [2.24, 2.45) is 0 Å². The van der Waals surface area contributed by atoms with Crippen molar-refractivity contribution in [1.29, 1.82) is 0 Å². The Morgan fingerprint density at radius 3 is 2.33 bits per heavy atom. The topological polar surface area (TPSA) is 37.3 Å². The van der Waals surface area contributed by atoms with Gasteiger partial charge in [0.25, 0.3) is 0 Å². The third kappa shape index (κ3) is 2.03. The van der Waals surface area contributed by atoms with Gasteiger partial charge in [0.2, 0.25) is 0 Å². The second-order valence-corrected chi connectivity index (χ2v) is 5.44. The van der Waals surface area contributed by atoms with Crippen molar-refractivity contribution in [3.8, 4) is 5.75 Å². The molecule has 2 nitrogen and oxygen atoms in total.